The molecule has 1 aliphatic heterocycles. The Morgan fingerprint density at radius 2 is 1.76 bits per heavy atom. The van der Waals surface area contributed by atoms with Gasteiger partial charge in [0.05, 0.1) is 0 Å². The number of carbonyl (C=O) groups is 4. The van der Waals surface area contributed by atoms with E-state index in [0.717, 1.165) is 12.1 Å². The SMILES string of the molecule is O=Cc1ccc(OCC(=O)OCC(=O)Nc2ccc(N3CCCC3=O)cc2)cc1. The van der Waals surface area contributed by atoms with Crippen LogP contribution in [0.25, 0.3) is 0 Å². The predicted octanol–water partition coefficient (Wildman–Crippen LogP) is 2.19. The predicted molar refractivity (Wildman–Crippen MR) is 105 cm³/mol. The van der Waals surface area contributed by atoms with Crippen LogP contribution in [0.5, 0.6) is 5.75 Å². The molecule has 150 valence electrons. The van der Waals surface area contributed by atoms with Gasteiger partial charge >= 0.3 is 5.97 Å². The minimum atomic E-state index is -0.692. The van der Waals surface area contributed by atoms with Gasteiger partial charge in [-0.05, 0) is 55.0 Å². The number of carbonyl (C=O) groups excluding carboxylic acids is 4. The van der Waals surface area contributed by atoms with Crippen LogP contribution in [0.15, 0.2) is 48.5 Å². The summed E-state index contributed by atoms with van der Waals surface area (Å²) in [5.74, 6) is -0.676. The topological polar surface area (TPSA) is 102 Å². The molecule has 8 nitrogen and oxygen atoms in total. The number of ether oxygens (including phenoxy) is 2. The van der Waals surface area contributed by atoms with Crippen molar-refractivity contribution < 1.29 is 28.7 Å². The molecule has 2 aromatic rings. The maximum Gasteiger partial charge on any atom is 0.344 e. The lowest BCUT2D eigenvalue weighted by molar-refractivity contribution is -0.149. The molecule has 2 amide bonds. The van der Waals surface area contributed by atoms with Gasteiger partial charge in [0, 0.05) is 29.9 Å². The summed E-state index contributed by atoms with van der Waals surface area (Å²) in [5.41, 5.74) is 1.82. The summed E-state index contributed by atoms with van der Waals surface area (Å²) in [6.45, 7) is -0.102. The molecule has 1 fully saturated rings. The molecule has 1 aliphatic rings. The van der Waals surface area contributed by atoms with Gasteiger partial charge in [0.25, 0.3) is 5.91 Å². The molecule has 0 radical (unpaired) electrons. The van der Waals surface area contributed by atoms with Crippen LogP contribution in [0.1, 0.15) is 23.2 Å². The van der Waals surface area contributed by atoms with E-state index in [4.69, 9.17) is 9.47 Å². The Labute approximate surface area is 167 Å². The number of nitrogens with one attached hydrogen (secondary N) is 1. The highest BCUT2D eigenvalue weighted by Gasteiger charge is 2.21. The Hall–Kier alpha value is -3.68. The number of hydrogen-bond donors (Lipinski definition) is 1. The van der Waals surface area contributed by atoms with Gasteiger partial charge in [-0.3, -0.25) is 14.4 Å². The second kappa shape index (κ2) is 9.50. The van der Waals surface area contributed by atoms with Gasteiger partial charge in [-0.1, -0.05) is 0 Å². The molecule has 1 saturated heterocycles. The van der Waals surface area contributed by atoms with Crippen molar-refractivity contribution >= 4 is 35.4 Å². The van der Waals surface area contributed by atoms with E-state index in [2.05, 4.69) is 5.32 Å². The quantitative estimate of drug-likeness (QED) is 0.542. The number of benzene rings is 2. The van der Waals surface area contributed by atoms with Crippen molar-refractivity contribution in [3.63, 3.8) is 0 Å². The van der Waals surface area contributed by atoms with E-state index in [1.54, 1.807) is 53.4 Å². The molecule has 0 saturated carbocycles. The van der Waals surface area contributed by atoms with Crippen LogP contribution in [-0.2, 0) is 19.1 Å². The molecule has 8 heteroatoms. The fraction of sp³-hybridized carbons (Fsp3) is 0.238. The zero-order valence-electron chi connectivity index (χ0n) is 15.6. The van der Waals surface area contributed by atoms with E-state index < -0.39 is 18.5 Å². The molecule has 0 aliphatic carbocycles. The van der Waals surface area contributed by atoms with Crippen LogP contribution in [-0.4, -0.2) is 43.8 Å². The van der Waals surface area contributed by atoms with Crippen LogP contribution >= 0.6 is 0 Å². The molecule has 0 unspecified atom stereocenters. The van der Waals surface area contributed by atoms with Crippen LogP contribution in [0.4, 0.5) is 11.4 Å². The van der Waals surface area contributed by atoms with Crippen LogP contribution in [0.2, 0.25) is 0 Å². The lowest BCUT2D eigenvalue weighted by Gasteiger charge is -2.16. The number of nitrogens with zero attached hydrogens (tertiary/aromatic N) is 1. The molecular weight excluding hydrogens is 376 g/mol. The molecule has 0 bridgehead atoms. The largest absolute Gasteiger partial charge is 0.482 e. The first-order chi connectivity index (χ1) is 14.0. The number of amides is 2. The Morgan fingerprint density at radius 3 is 2.38 bits per heavy atom. The third-order valence-electron chi connectivity index (χ3n) is 4.27. The highest BCUT2D eigenvalue weighted by atomic mass is 16.6. The summed E-state index contributed by atoms with van der Waals surface area (Å²) < 4.78 is 10.1. The number of aldehydes is 1. The van der Waals surface area contributed by atoms with Crippen LogP contribution < -0.4 is 15.0 Å². The van der Waals surface area contributed by atoms with Crippen molar-refractivity contribution in [2.45, 2.75) is 12.8 Å². The van der Waals surface area contributed by atoms with Gasteiger partial charge in [-0.15, -0.1) is 0 Å². The Balaban J connectivity index is 1.40. The monoisotopic (exact) mass is 396 g/mol. The summed E-state index contributed by atoms with van der Waals surface area (Å²) in [4.78, 5) is 47.7. The average molecular weight is 396 g/mol. The highest BCUT2D eigenvalue weighted by Crippen LogP contribution is 2.23. The number of rotatable bonds is 8. The highest BCUT2D eigenvalue weighted by molar-refractivity contribution is 5.96. The zero-order chi connectivity index (χ0) is 20.6. The molecular formula is C21H20N2O6. The van der Waals surface area contributed by atoms with E-state index in [9.17, 15) is 19.2 Å². The summed E-state index contributed by atoms with van der Waals surface area (Å²) in [5, 5.41) is 2.62. The molecule has 0 aromatic heterocycles. The zero-order valence-corrected chi connectivity index (χ0v) is 15.6. The van der Waals surface area contributed by atoms with Crippen molar-refractivity contribution in [2.75, 3.05) is 30.0 Å². The fourth-order valence-electron chi connectivity index (χ4n) is 2.82. The van der Waals surface area contributed by atoms with Gasteiger partial charge in [-0.2, -0.15) is 0 Å². The van der Waals surface area contributed by atoms with Crippen molar-refractivity contribution in [3.05, 3.63) is 54.1 Å². The van der Waals surface area contributed by atoms with E-state index in [0.29, 0.717) is 36.3 Å². The first kappa shape index (κ1) is 20.1. The van der Waals surface area contributed by atoms with Crippen molar-refractivity contribution in [1.82, 2.24) is 0 Å². The summed E-state index contributed by atoms with van der Waals surface area (Å²) in [6.07, 6.45) is 2.10. The summed E-state index contributed by atoms with van der Waals surface area (Å²) in [6, 6.07) is 13.1. The Bertz CT molecular complexity index is 892. The van der Waals surface area contributed by atoms with E-state index in [1.165, 1.54) is 0 Å². The standard InChI is InChI=1S/C21H20N2O6/c24-12-15-3-9-18(10-4-15)28-14-21(27)29-13-19(25)22-16-5-7-17(8-6-16)23-11-1-2-20(23)26/h3-10,12H,1-2,11,13-14H2,(H,22,25). The van der Waals surface area contributed by atoms with E-state index >= 15 is 0 Å². The Morgan fingerprint density at radius 1 is 1.03 bits per heavy atom. The third kappa shape index (κ3) is 5.65. The maximum absolute atomic E-state index is 11.9. The van der Waals surface area contributed by atoms with Gasteiger partial charge in [-0.25, -0.2) is 4.79 Å². The minimum absolute atomic E-state index is 0.0931. The average Bonchev–Trinajstić information content (AvgIpc) is 3.17. The summed E-state index contributed by atoms with van der Waals surface area (Å²) in [7, 11) is 0. The molecule has 0 spiro atoms. The third-order valence-corrected chi connectivity index (χ3v) is 4.27. The first-order valence-electron chi connectivity index (χ1n) is 9.09. The molecule has 0 atom stereocenters. The molecule has 1 N–H and O–H groups in total. The molecule has 3 rings (SSSR count). The fourth-order valence-corrected chi connectivity index (χ4v) is 2.82. The smallest absolute Gasteiger partial charge is 0.344 e. The number of anilines is 2. The second-order valence-electron chi connectivity index (χ2n) is 6.38. The number of esters is 1. The van der Waals surface area contributed by atoms with Gasteiger partial charge in [0.1, 0.15) is 12.0 Å². The minimum Gasteiger partial charge on any atom is -0.482 e. The second-order valence-corrected chi connectivity index (χ2v) is 6.38. The normalized spacial score (nSPS) is 13.1. The van der Waals surface area contributed by atoms with E-state index in [1.807, 2.05) is 0 Å². The maximum atomic E-state index is 11.9. The van der Waals surface area contributed by atoms with Crippen molar-refractivity contribution in [3.8, 4) is 5.75 Å². The molecule has 2 aromatic carbocycles. The lowest BCUT2D eigenvalue weighted by atomic mass is 10.2. The molecule has 29 heavy (non-hydrogen) atoms. The van der Waals surface area contributed by atoms with Crippen molar-refractivity contribution in [2.24, 2.45) is 0 Å². The van der Waals surface area contributed by atoms with Gasteiger partial charge in [0.2, 0.25) is 5.91 Å². The van der Waals surface area contributed by atoms with Gasteiger partial charge in [0.15, 0.2) is 13.2 Å². The molecule has 1 heterocycles. The van der Waals surface area contributed by atoms with Gasteiger partial charge < -0.3 is 19.7 Å². The lowest BCUT2D eigenvalue weighted by Crippen LogP contribution is -2.24. The summed E-state index contributed by atoms with van der Waals surface area (Å²) >= 11 is 0. The first-order valence-corrected chi connectivity index (χ1v) is 9.09. The van der Waals surface area contributed by atoms with Crippen molar-refractivity contribution in [1.29, 1.82) is 0 Å². The Kier molecular flexibility index (Phi) is 6.57. The van der Waals surface area contributed by atoms with E-state index in [-0.39, 0.29) is 12.5 Å². The van der Waals surface area contributed by atoms with Crippen LogP contribution in [0, 0.1) is 0 Å². The number of hydrogen-bond acceptors (Lipinski definition) is 6. The van der Waals surface area contributed by atoms with Crippen LogP contribution in [0.3, 0.4) is 0 Å².